The standard InChI is InChI=1S/C24H20Cl3N5O2/c1-28-22(32-9-2-10-32)14-3-6-17(19(27)11-14)23(33)30-20-7-4-15(25)12-18(20)24(34)31-21-8-5-16(26)13-29-21/h3-8,11-13H,2,9-10H2,1H3,(H,30,33)(H,29,31,34)/b28-22-. The minimum absolute atomic E-state index is 0.170. The summed E-state index contributed by atoms with van der Waals surface area (Å²) in [5.74, 6) is 0.192. The molecule has 0 unspecified atom stereocenters. The lowest BCUT2D eigenvalue weighted by molar-refractivity contribution is 0.102. The molecule has 174 valence electrons. The SMILES string of the molecule is C/N=C(/c1ccc(C(=O)Nc2ccc(Cl)cc2C(=O)Nc2ccc(Cl)cn2)c(Cl)c1)N1CCC1. The van der Waals surface area contributed by atoms with Crippen molar-refractivity contribution in [2.75, 3.05) is 30.8 Å². The third-order valence-electron chi connectivity index (χ3n) is 5.28. The summed E-state index contributed by atoms with van der Waals surface area (Å²) < 4.78 is 0. The number of aliphatic imine (C=N–C) groups is 1. The van der Waals surface area contributed by atoms with Gasteiger partial charge in [0.2, 0.25) is 0 Å². The van der Waals surface area contributed by atoms with Crippen LogP contribution in [0.4, 0.5) is 11.5 Å². The summed E-state index contributed by atoms with van der Waals surface area (Å²) in [4.78, 5) is 36.4. The van der Waals surface area contributed by atoms with Gasteiger partial charge in [0.05, 0.1) is 26.9 Å². The Bertz CT molecular complexity index is 1270. The van der Waals surface area contributed by atoms with Crippen molar-refractivity contribution >= 4 is 64.0 Å². The van der Waals surface area contributed by atoms with Crippen molar-refractivity contribution in [2.24, 2.45) is 4.99 Å². The van der Waals surface area contributed by atoms with Crippen LogP contribution in [0.15, 0.2) is 59.7 Å². The number of amides is 2. The van der Waals surface area contributed by atoms with Gasteiger partial charge in [-0.1, -0.05) is 40.9 Å². The Morgan fingerprint density at radius 2 is 1.65 bits per heavy atom. The van der Waals surface area contributed by atoms with Gasteiger partial charge in [-0.2, -0.15) is 0 Å². The fourth-order valence-corrected chi connectivity index (χ4v) is 4.01. The summed E-state index contributed by atoms with van der Waals surface area (Å²) in [6, 6.07) is 12.9. The predicted molar refractivity (Wildman–Crippen MR) is 137 cm³/mol. The maximum absolute atomic E-state index is 13.0. The number of halogens is 3. The van der Waals surface area contributed by atoms with E-state index in [-0.39, 0.29) is 21.8 Å². The Morgan fingerprint density at radius 1 is 0.912 bits per heavy atom. The molecule has 3 aromatic rings. The summed E-state index contributed by atoms with van der Waals surface area (Å²) in [6.45, 7) is 1.89. The number of anilines is 2. The number of carbonyl (C=O) groups excluding carboxylic acids is 2. The molecule has 7 nitrogen and oxygen atoms in total. The highest BCUT2D eigenvalue weighted by Gasteiger charge is 2.22. The number of hydrogen-bond acceptors (Lipinski definition) is 4. The van der Waals surface area contributed by atoms with Crippen molar-refractivity contribution in [3.8, 4) is 0 Å². The summed E-state index contributed by atoms with van der Waals surface area (Å²) in [5.41, 5.74) is 1.55. The molecule has 0 saturated carbocycles. The van der Waals surface area contributed by atoms with Gasteiger partial charge in [0.25, 0.3) is 11.8 Å². The van der Waals surface area contributed by atoms with Crippen LogP contribution in [0, 0.1) is 0 Å². The van der Waals surface area contributed by atoms with Gasteiger partial charge in [-0.3, -0.25) is 14.6 Å². The van der Waals surface area contributed by atoms with Gasteiger partial charge < -0.3 is 15.5 Å². The maximum atomic E-state index is 13.0. The molecule has 2 N–H and O–H groups in total. The van der Waals surface area contributed by atoms with E-state index in [0.717, 1.165) is 30.9 Å². The van der Waals surface area contributed by atoms with Crippen molar-refractivity contribution in [3.63, 3.8) is 0 Å². The van der Waals surface area contributed by atoms with E-state index in [2.05, 4.69) is 25.5 Å². The number of carbonyl (C=O) groups is 2. The lowest BCUT2D eigenvalue weighted by atomic mass is 10.1. The highest BCUT2D eigenvalue weighted by molar-refractivity contribution is 6.35. The van der Waals surface area contributed by atoms with Crippen molar-refractivity contribution in [2.45, 2.75) is 6.42 Å². The molecule has 0 atom stereocenters. The molecule has 1 aliphatic rings. The fraction of sp³-hybridized carbons (Fsp3) is 0.167. The molecule has 1 aliphatic heterocycles. The molecule has 1 aromatic heterocycles. The molecule has 4 rings (SSSR count). The molecule has 0 spiro atoms. The molecule has 0 radical (unpaired) electrons. The van der Waals surface area contributed by atoms with E-state index >= 15 is 0 Å². The average Bonchev–Trinajstić information content (AvgIpc) is 2.78. The second kappa shape index (κ2) is 10.4. The number of nitrogens with one attached hydrogen (secondary N) is 2. The lowest BCUT2D eigenvalue weighted by Gasteiger charge is -2.34. The molecule has 10 heteroatoms. The number of amidine groups is 1. The van der Waals surface area contributed by atoms with Crippen LogP contribution in [0.1, 0.15) is 32.7 Å². The summed E-state index contributed by atoms with van der Waals surface area (Å²) in [6.07, 6.45) is 2.54. The van der Waals surface area contributed by atoms with Crippen LogP contribution < -0.4 is 10.6 Å². The van der Waals surface area contributed by atoms with Crippen LogP contribution in [0.25, 0.3) is 0 Å². The van der Waals surface area contributed by atoms with Crippen LogP contribution >= 0.6 is 34.8 Å². The van der Waals surface area contributed by atoms with E-state index in [0.29, 0.717) is 15.9 Å². The Morgan fingerprint density at radius 3 is 2.26 bits per heavy atom. The molecule has 0 bridgehead atoms. The van der Waals surface area contributed by atoms with Crippen LogP contribution in [0.5, 0.6) is 0 Å². The number of hydrogen-bond donors (Lipinski definition) is 2. The number of aromatic nitrogens is 1. The fourth-order valence-electron chi connectivity index (χ4n) is 3.46. The van der Waals surface area contributed by atoms with Gasteiger partial charge in [0.1, 0.15) is 11.7 Å². The molecule has 1 saturated heterocycles. The number of pyridine rings is 1. The zero-order chi connectivity index (χ0) is 24.2. The van der Waals surface area contributed by atoms with E-state index in [1.807, 2.05) is 6.07 Å². The first-order valence-corrected chi connectivity index (χ1v) is 11.5. The first-order chi connectivity index (χ1) is 16.4. The van der Waals surface area contributed by atoms with Gasteiger partial charge in [-0.15, -0.1) is 0 Å². The monoisotopic (exact) mass is 515 g/mol. The van der Waals surface area contributed by atoms with Gasteiger partial charge in [-0.25, -0.2) is 4.98 Å². The first kappa shape index (κ1) is 24.0. The number of benzene rings is 2. The van der Waals surface area contributed by atoms with E-state index in [4.69, 9.17) is 34.8 Å². The largest absolute Gasteiger partial charge is 0.356 e. The summed E-state index contributed by atoms with van der Waals surface area (Å²) in [7, 11) is 1.73. The zero-order valence-corrected chi connectivity index (χ0v) is 20.4. The van der Waals surface area contributed by atoms with Crippen molar-refractivity contribution in [1.82, 2.24) is 9.88 Å². The molecule has 0 aliphatic carbocycles. The van der Waals surface area contributed by atoms with Crippen LogP contribution in [0.3, 0.4) is 0 Å². The number of likely N-dealkylation sites (tertiary alicyclic amines) is 1. The van der Waals surface area contributed by atoms with Gasteiger partial charge in [0, 0.05) is 36.9 Å². The average molecular weight is 517 g/mol. The van der Waals surface area contributed by atoms with Gasteiger partial charge >= 0.3 is 0 Å². The highest BCUT2D eigenvalue weighted by atomic mass is 35.5. The highest BCUT2D eigenvalue weighted by Crippen LogP contribution is 2.26. The van der Waals surface area contributed by atoms with Crippen molar-refractivity contribution in [1.29, 1.82) is 0 Å². The third kappa shape index (κ3) is 5.33. The minimum atomic E-state index is -0.493. The minimum Gasteiger partial charge on any atom is -0.356 e. The van der Waals surface area contributed by atoms with E-state index in [1.54, 1.807) is 43.4 Å². The van der Waals surface area contributed by atoms with Crippen molar-refractivity contribution in [3.05, 3.63) is 86.5 Å². The molecule has 1 fully saturated rings. The first-order valence-electron chi connectivity index (χ1n) is 10.4. The quantitative estimate of drug-likeness (QED) is 0.340. The second-order valence-electron chi connectivity index (χ2n) is 7.54. The van der Waals surface area contributed by atoms with Gasteiger partial charge in [-0.05, 0) is 48.9 Å². The second-order valence-corrected chi connectivity index (χ2v) is 8.82. The Balaban J connectivity index is 1.55. The smallest absolute Gasteiger partial charge is 0.258 e. The predicted octanol–water partition coefficient (Wildman–Crippen LogP) is 5.63. The molecule has 2 amide bonds. The van der Waals surface area contributed by atoms with Crippen molar-refractivity contribution < 1.29 is 9.59 Å². The Hall–Kier alpha value is -3.13. The normalized spacial score (nSPS) is 13.3. The van der Waals surface area contributed by atoms with Crippen LogP contribution in [-0.2, 0) is 0 Å². The molecule has 2 heterocycles. The van der Waals surface area contributed by atoms with E-state index in [9.17, 15) is 9.59 Å². The summed E-state index contributed by atoms with van der Waals surface area (Å²) in [5, 5.41) is 6.48. The topological polar surface area (TPSA) is 86.7 Å². The maximum Gasteiger partial charge on any atom is 0.258 e. The van der Waals surface area contributed by atoms with E-state index < -0.39 is 11.8 Å². The molecule has 2 aromatic carbocycles. The lowest BCUT2D eigenvalue weighted by Crippen LogP contribution is -2.42. The van der Waals surface area contributed by atoms with Crippen LogP contribution in [-0.4, -0.2) is 47.7 Å². The molecular weight excluding hydrogens is 497 g/mol. The van der Waals surface area contributed by atoms with Crippen LogP contribution in [0.2, 0.25) is 15.1 Å². The molecule has 34 heavy (non-hydrogen) atoms. The zero-order valence-electron chi connectivity index (χ0n) is 18.1. The number of rotatable bonds is 5. The third-order valence-corrected chi connectivity index (χ3v) is 6.05. The van der Waals surface area contributed by atoms with Gasteiger partial charge in [0.15, 0.2) is 0 Å². The number of nitrogens with zero attached hydrogens (tertiary/aromatic N) is 3. The van der Waals surface area contributed by atoms with E-state index in [1.165, 1.54) is 12.3 Å². The molecular formula is C24H20Cl3N5O2. The Kier molecular flexibility index (Phi) is 7.36. The summed E-state index contributed by atoms with van der Waals surface area (Å²) >= 11 is 18.4. The Labute approximate surface area is 211 Å².